The first-order valence-electron chi connectivity index (χ1n) is 8.24. The number of hydrogen-bond donors (Lipinski definition) is 4. The van der Waals surface area contributed by atoms with Crippen LogP contribution in [0.25, 0.3) is 11.0 Å². The largest absolute Gasteiger partial charge is 0.388 e. The molecule has 23 heavy (non-hydrogen) atoms. The maximum absolute atomic E-state index is 11.9. The number of fused-ring (bicyclic) bond motifs is 1. The predicted molar refractivity (Wildman–Crippen MR) is 89.1 cm³/mol. The molecule has 1 saturated carbocycles. The van der Waals surface area contributed by atoms with Crippen molar-refractivity contribution < 1.29 is 9.90 Å². The molecule has 0 unspecified atom stereocenters. The zero-order chi connectivity index (χ0) is 16.3. The highest BCUT2D eigenvalue weighted by atomic mass is 16.3. The third-order valence-electron chi connectivity index (χ3n) is 4.54. The molecule has 1 fully saturated rings. The Morgan fingerprint density at radius 2 is 2.09 bits per heavy atom. The zero-order valence-corrected chi connectivity index (χ0v) is 13.5. The van der Waals surface area contributed by atoms with Gasteiger partial charge >= 0.3 is 6.03 Å². The normalized spacial score (nSPS) is 17.1. The van der Waals surface area contributed by atoms with E-state index in [1.165, 1.54) is 6.42 Å². The number of nitrogens with zero attached hydrogens (tertiary/aromatic N) is 1. The Morgan fingerprint density at radius 1 is 1.30 bits per heavy atom. The van der Waals surface area contributed by atoms with Crippen LogP contribution in [0, 0.1) is 6.92 Å². The molecule has 1 heterocycles. The summed E-state index contributed by atoms with van der Waals surface area (Å²) in [6, 6.07) is 5.68. The lowest BCUT2D eigenvalue weighted by Gasteiger charge is -2.32. The molecular formula is C17H24N4O2. The number of imidazole rings is 1. The molecule has 2 aromatic rings. The summed E-state index contributed by atoms with van der Waals surface area (Å²) >= 11 is 0. The monoisotopic (exact) mass is 316 g/mol. The third kappa shape index (κ3) is 3.82. The molecule has 1 aliphatic carbocycles. The van der Waals surface area contributed by atoms with Crippen LogP contribution < -0.4 is 10.6 Å². The number of carbonyl (C=O) groups excluding carboxylic acids is 1. The molecule has 3 rings (SSSR count). The van der Waals surface area contributed by atoms with Crippen LogP contribution in [0.5, 0.6) is 0 Å². The number of amides is 2. The SMILES string of the molecule is Cc1cccc2[nH]c(CNC(=O)NCC3(O)CCCCC3)nc12. The summed E-state index contributed by atoms with van der Waals surface area (Å²) in [5.74, 6) is 0.723. The second kappa shape index (κ2) is 6.58. The lowest BCUT2D eigenvalue weighted by atomic mass is 9.85. The number of urea groups is 1. The Kier molecular flexibility index (Phi) is 4.52. The van der Waals surface area contributed by atoms with E-state index >= 15 is 0 Å². The van der Waals surface area contributed by atoms with Crippen molar-refractivity contribution in [3.8, 4) is 0 Å². The van der Waals surface area contributed by atoms with Crippen molar-refractivity contribution in [3.63, 3.8) is 0 Å². The molecular weight excluding hydrogens is 292 g/mol. The average Bonchev–Trinajstić information content (AvgIpc) is 2.96. The highest BCUT2D eigenvalue weighted by Gasteiger charge is 2.29. The number of rotatable bonds is 4. The number of nitrogens with one attached hydrogen (secondary N) is 3. The minimum absolute atomic E-state index is 0.277. The summed E-state index contributed by atoms with van der Waals surface area (Å²) in [4.78, 5) is 19.6. The van der Waals surface area contributed by atoms with Crippen LogP contribution in [0.3, 0.4) is 0 Å². The van der Waals surface area contributed by atoms with Crippen LogP contribution >= 0.6 is 0 Å². The number of benzene rings is 1. The van der Waals surface area contributed by atoms with Gasteiger partial charge in [0.25, 0.3) is 0 Å². The minimum atomic E-state index is -0.744. The number of para-hydroxylation sites is 1. The van der Waals surface area contributed by atoms with Gasteiger partial charge in [-0.3, -0.25) is 0 Å². The van der Waals surface area contributed by atoms with Gasteiger partial charge in [0, 0.05) is 6.54 Å². The predicted octanol–water partition coefficient (Wildman–Crippen LogP) is 2.37. The minimum Gasteiger partial charge on any atom is -0.388 e. The van der Waals surface area contributed by atoms with Gasteiger partial charge in [-0.05, 0) is 31.4 Å². The summed E-state index contributed by atoms with van der Waals surface area (Å²) in [6.45, 7) is 2.65. The number of hydrogen-bond acceptors (Lipinski definition) is 3. The van der Waals surface area contributed by atoms with Gasteiger partial charge in [-0.25, -0.2) is 9.78 Å². The van der Waals surface area contributed by atoms with E-state index in [2.05, 4.69) is 20.6 Å². The fourth-order valence-corrected chi connectivity index (χ4v) is 3.17. The van der Waals surface area contributed by atoms with Crippen LogP contribution in [0.2, 0.25) is 0 Å². The molecule has 0 radical (unpaired) electrons. The summed E-state index contributed by atoms with van der Waals surface area (Å²) in [5.41, 5.74) is 2.26. The first-order valence-corrected chi connectivity index (χ1v) is 8.24. The first kappa shape index (κ1) is 15.8. The lowest BCUT2D eigenvalue weighted by molar-refractivity contribution is 0.00719. The van der Waals surface area contributed by atoms with E-state index < -0.39 is 5.60 Å². The van der Waals surface area contributed by atoms with Crippen LogP contribution in [0.15, 0.2) is 18.2 Å². The van der Waals surface area contributed by atoms with E-state index in [1.807, 2.05) is 25.1 Å². The van der Waals surface area contributed by atoms with Crippen molar-refractivity contribution in [1.29, 1.82) is 0 Å². The molecule has 2 amide bonds. The molecule has 0 bridgehead atoms. The van der Waals surface area contributed by atoms with Crippen LogP contribution in [-0.2, 0) is 6.54 Å². The van der Waals surface area contributed by atoms with Gasteiger partial charge in [0.2, 0.25) is 0 Å². The van der Waals surface area contributed by atoms with E-state index in [9.17, 15) is 9.90 Å². The highest BCUT2D eigenvalue weighted by Crippen LogP contribution is 2.27. The summed E-state index contributed by atoms with van der Waals surface area (Å²) < 4.78 is 0. The smallest absolute Gasteiger partial charge is 0.315 e. The molecule has 124 valence electrons. The zero-order valence-electron chi connectivity index (χ0n) is 13.5. The molecule has 1 aromatic carbocycles. The van der Waals surface area contributed by atoms with E-state index in [4.69, 9.17) is 0 Å². The van der Waals surface area contributed by atoms with E-state index in [-0.39, 0.29) is 6.03 Å². The molecule has 6 nitrogen and oxygen atoms in total. The van der Waals surface area contributed by atoms with Crippen molar-refractivity contribution in [2.45, 2.75) is 51.2 Å². The van der Waals surface area contributed by atoms with E-state index in [0.717, 1.165) is 48.1 Å². The standard InChI is InChI=1S/C17H24N4O2/c1-12-6-5-7-13-15(12)21-14(20-13)10-18-16(22)19-11-17(23)8-3-2-4-9-17/h5-7,23H,2-4,8-11H2,1H3,(H,20,21)(H2,18,19,22). The molecule has 6 heteroatoms. The Bertz CT molecular complexity index is 689. The summed E-state index contributed by atoms with van der Waals surface area (Å²) in [5, 5.41) is 15.9. The molecule has 1 aromatic heterocycles. The van der Waals surface area contributed by atoms with Crippen molar-refractivity contribution >= 4 is 17.1 Å². The van der Waals surface area contributed by atoms with E-state index in [0.29, 0.717) is 13.1 Å². The second-order valence-electron chi connectivity index (χ2n) is 6.48. The topological polar surface area (TPSA) is 90.0 Å². The van der Waals surface area contributed by atoms with Crippen molar-refractivity contribution in [3.05, 3.63) is 29.6 Å². The Morgan fingerprint density at radius 3 is 2.83 bits per heavy atom. The quantitative estimate of drug-likeness (QED) is 0.698. The van der Waals surface area contributed by atoms with Gasteiger partial charge in [0.05, 0.1) is 23.2 Å². The summed E-state index contributed by atoms with van der Waals surface area (Å²) in [6.07, 6.45) is 4.74. The van der Waals surface area contributed by atoms with Gasteiger partial charge in [-0.15, -0.1) is 0 Å². The third-order valence-corrected chi connectivity index (χ3v) is 4.54. The highest BCUT2D eigenvalue weighted by molar-refractivity contribution is 5.78. The van der Waals surface area contributed by atoms with Crippen LogP contribution in [-0.4, -0.2) is 33.3 Å². The van der Waals surface area contributed by atoms with Gasteiger partial charge in [-0.1, -0.05) is 31.4 Å². The number of aromatic nitrogens is 2. The van der Waals surface area contributed by atoms with E-state index in [1.54, 1.807) is 0 Å². The van der Waals surface area contributed by atoms with Gasteiger partial charge in [0.1, 0.15) is 5.82 Å². The number of aliphatic hydroxyl groups is 1. The molecule has 0 atom stereocenters. The Hall–Kier alpha value is -2.08. The van der Waals surface area contributed by atoms with Gasteiger partial charge in [0.15, 0.2) is 0 Å². The molecule has 0 spiro atoms. The van der Waals surface area contributed by atoms with Crippen molar-refractivity contribution in [2.24, 2.45) is 0 Å². The number of H-pyrrole nitrogens is 1. The molecule has 4 N–H and O–H groups in total. The fourth-order valence-electron chi connectivity index (χ4n) is 3.17. The number of carbonyl (C=O) groups is 1. The van der Waals surface area contributed by atoms with Crippen LogP contribution in [0.4, 0.5) is 4.79 Å². The lowest BCUT2D eigenvalue weighted by Crippen LogP contribution is -2.47. The maximum atomic E-state index is 11.9. The second-order valence-corrected chi connectivity index (χ2v) is 6.48. The number of aromatic amines is 1. The van der Waals surface area contributed by atoms with Crippen LogP contribution in [0.1, 0.15) is 43.5 Å². The number of aryl methyl sites for hydroxylation is 1. The summed E-state index contributed by atoms with van der Waals surface area (Å²) in [7, 11) is 0. The Balaban J connectivity index is 1.51. The maximum Gasteiger partial charge on any atom is 0.315 e. The Labute approximate surface area is 135 Å². The average molecular weight is 316 g/mol. The van der Waals surface area contributed by atoms with Crippen molar-refractivity contribution in [1.82, 2.24) is 20.6 Å². The van der Waals surface area contributed by atoms with Gasteiger partial charge in [-0.2, -0.15) is 0 Å². The first-order chi connectivity index (χ1) is 11.1. The molecule has 0 aliphatic heterocycles. The van der Waals surface area contributed by atoms with Crippen molar-refractivity contribution in [2.75, 3.05) is 6.54 Å². The fraction of sp³-hybridized carbons (Fsp3) is 0.529. The van der Waals surface area contributed by atoms with Gasteiger partial charge < -0.3 is 20.7 Å². The molecule has 0 saturated heterocycles. The molecule has 1 aliphatic rings.